The lowest BCUT2D eigenvalue weighted by atomic mass is 10.1. The van der Waals surface area contributed by atoms with Crippen LogP contribution in [-0.2, 0) is 4.74 Å². The third-order valence-electron chi connectivity index (χ3n) is 5.53. The Labute approximate surface area is 152 Å². The summed E-state index contributed by atoms with van der Waals surface area (Å²) in [6.07, 6.45) is 6.02. The van der Waals surface area contributed by atoms with Gasteiger partial charge in [0.1, 0.15) is 5.82 Å². The Morgan fingerprint density at radius 2 is 2.17 bits per heavy atom. The average molecular weight is 438 g/mol. The Bertz CT molecular complexity index is 887. The van der Waals surface area contributed by atoms with Gasteiger partial charge in [-0.25, -0.2) is 4.98 Å². The fourth-order valence-electron chi connectivity index (χ4n) is 3.96. The van der Waals surface area contributed by atoms with E-state index in [-0.39, 0.29) is 0 Å². The SMILES string of the molecule is CN(C1COC1)[C@@H]1CC(c2nnc3cnc4[nH]ccc4n23)[C@H](I)C1. The van der Waals surface area contributed by atoms with Crippen molar-refractivity contribution in [2.45, 2.75) is 34.8 Å². The molecule has 0 radical (unpaired) electrons. The number of hydrogen-bond acceptors (Lipinski definition) is 5. The predicted octanol–water partition coefficient (Wildman–Crippen LogP) is 1.99. The first-order valence-electron chi connectivity index (χ1n) is 8.33. The first-order chi connectivity index (χ1) is 11.7. The number of fused-ring (bicyclic) bond motifs is 3. The number of alkyl halides is 1. The highest BCUT2D eigenvalue weighted by atomic mass is 127. The van der Waals surface area contributed by atoms with E-state index >= 15 is 0 Å². The second-order valence-corrected chi connectivity index (χ2v) is 8.43. The minimum Gasteiger partial charge on any atom is -0.378 e. The maximum atomic E-state index is 5.36. The summed E-state index contributed by atoms with van der Waals surface area (Å²) in [7, 11) is 2.24. The van der Waals surface area contributed by atoms with Crippen LogP contribution in [0.3, 0.4) is 0 Å². The van der Waals surface area contributed by atoms with Gasteiger partial charge in [-0.05, 0) is 26.0 Å². The summed E-state index contributed by atoms with van der Waals surface area (Å²) in [5, 5.41) is 8.90. The third kappa shape index (κ3) is 2.19. The summed E-state index contributed by atoms with van der Waals surface area (Å²) in [6, 6.07) is 3.21. The summed E-state index contributed by atoms with van der Waals surface area (Å²) < 4.78 is 8.09. The van der Waals surface area contributed by atoms with Gasteiger partial charge in [-0.3, -0.25) is 9.30 Å². The van der Waals surface area contributed by atoms with Gasteiger partial charge in [-0.1, -0.05) is 22.6 Å². The zero-order valence-corrected chi connectivity index (χ0v) is 15.5. The molecule has 1 unspecified atom stereocenters. The number of rotatable bonds is 3. The van der Waals surface area contributed by atoms with Crippen LogP contribution in [0.5, 0.6) is 0 Å². The molecule has 1 N–H and O–H groups in total. The first-order valence-corrected chi connectivity index (χ1v) is 9.58. The molecule has 0 amide bonds. The largest absolute Gasteiger partial charge is 0.378 e. The standard InChI is InChI=1S/C16H19IN6O/c1-22(10-7-24-8-10)9-4-11(12(17)5-9)16-21-20-14-6-19-15-13(23(14)16)2-3-18-15/h2-3,6,9-12,18H,4-5,7-8H2,1H3/t9-,11?,12-/m1/s1. The molecule has 3 atom stereocenters. The van der Waals surface area contributed by atoms with Crippen molar-refractivity contribution >= 4 is 39.4 Å². The van der Waals surface area contributed by atoms with Crippen LogP contribution in [0, 0.1) is 0 Å². The molecule has 1 saturated carbocycles. The van der Waals surface area contributed by atoms with E-state index in [2.05, 4.69) is 65.2 Å². The van der Waals surface area contributed by atoms with E-state index < -0.39 is 0 Å². The van der Waals surface area contributed by atoms with Crippen molar-refractivity contribution in [2.24, 2.45) is 0 Å². The Balaban J connectivity index is 1.51. The van der Waals surface area contributed by atoms with Crippen LogP contribution in [0.2, 0.25) is 0 Å². The van der Waals surface area contributed by atoms with Crippen molar-refractivity contribution in [1.82, 2.24) is 29.5 Å². The number of H-pyrrole nitrogens is 1. The van der Waals surface area contributed by atoms with Crippen LogP contribution in [0.25, 0.3) is 16.8 Å². The van der Waals surface area contributed by atoms with E-state index in [0.717, 1.165) is 42.3 Å². The van der Waals surface area contributed by atoms with Gasteiger partial charge in [-0.2, -0.15) is 0 Å². The molecule has 1 saturated heterocycles. The smallest absolute Gasteiger partial charge is 0.179 e. The molecule has 1 aliphatic carbocycles. The highest BCUT2D eigenvalue weighted by Crippen LogP contribution is 2.42. The monoisotopic (exact) mass is 438 g/mol. The second-order valence-electron chi connectivity index (χ2n) is 6.83. The van der Waals surface area contributed by atoms with E-state index in [4.69, 9.17) is 4.74 Å². The molecular formula is C16H19IN6O. The number of ether oxygens (including phenoxy) is 1. The van der Waals surface area contributed by atoms with Crippen molar-refractivity contribution < 1.29 is 4.74 Å². The van der Waals surface area contributed by atoms with Gasteiger partial charge in [0.15, 0.2) is 11.3 Å². The maximum Gasteiger partial charge on any atom is 0.179 e. The highest BCUT2D eigenvalue weighted by molar-refractivity contribution is 14.1. The van der Waals surface area contributed by atoms with E-state index in [9.17, 15) is 0 Å². The molecule has 3 aromatic heterocycles. The summed E-state index contributed by atoms with van der Waals surface area (Å²) >= 11 is 2.59. The fraction of sp³-hybridized carbons (Fsp3) is 0.562. The van der Waals surface area contributed by atoms with Gasteiger partial charge in [0, 0.05) is 22.1 Å². The number of nitrogens with one attached hydrogen (secondary N) is 1. The molecule has 24 heavy (non-hydrogen) atoms. The average Bonchev–Trinajstić information content (AvgIpc) is 3.20. The normalized spacial score (nSPS) is 28.2. The van der Waals surface area contributed by atoms with Crippen LogP contribution in [0.15, 0.2) is 18.5 Å². The summed E-state index contributed by atoms with van der Waals surface area (Å²) in [6.45, 7) is 1.74. The minimum atomic E-state index is 0.412. The molecular weight excluding hydrogens is 419 g/mol. The van der Waals surface area contributed by atoms with Gasteiger partial charge < -0.3 is 9.72 Å². The molecule has 0 aromatic carbocycles. The Morgan fingerprint density at radius 3 is 2.96 bits per heavy atom. The van der Waals surface area contributed by atoms with Crippen LogP contribution in [0.4, 0.5) is 0 Å². The number of hydrogen-bond donors (Lipinski definition) is 1. The maximum absolute atomic E-state index is 5.36. The van der Waals surface area contributed by atoms with E-state index in [1.807, 2.05) is 6.20 Å². The van der Waals surface area contributed by atoms with Crippen molar-refractivity contribution in [3.05, 3.63) is 24.3 Å². The molecule has 8 heteroatoms. The number of halogens is 1. The molecule has 1 aliphatic heterocycles. The van der Waals surface area contributed by atoms with Crippen molar-refractivity contribution in [1.29, 1.82) is 0 Å². The Hall–Kier alpha value is -1.26. The molecule has 0 bridgehead atoms. The van der Waals surface area contributed by atoms with Crippen LogP contribution in [0.1, 0.15) is 24.6 Å². The molecule has 3 aromatic rings. The van der Waals surface area contributed by atoms with Gasteiger partial charge in [0.25, 0.3) is 0 Å². The lowest BCUT2D eigenvalue weighted by Gasteiger charge is -2.38. The zero-order valence-electron chi connectivity index (χ0n) is 13.4. The quantitative estimate of drug-likeness (QED) is 0.501. The van der Waals surface area contributed by atoms with Crippen molar-refractivity contribution in [2.75, 3.05) is 20.3 Å². The molecule has 126 valence electrons. The number of aromatic amines is 1. The van der Waals surface area contributed by atoms with Crippen LogP contribution >= 0.6 is 22.6 Å². The fourth-order valence-corrected chi connectivity index (χ4v) is 5.16. The predicted molar refractivity (Wildman–Crippen MR) is 98.6 cm³/mol. The highest BCUT2D eigenvalue weighted by Gasteiger charge is 2.41. The molecule has 7 nitrogen and oxygen atoms in total. The summed E-state index contributed by atoms with van der Waals surface area (Å²) in [5.41, 5.74) is 2.76. The van der Waals surface area contributed by atoms with E-state index in [1.165, 1.54) is 6.42 Å². The lowest BCUT2D eigenvalue weighted by molar-refractivity contribution is -0.0685. The number of nitrogens with zero attached hydrogens (tertiary/aromatic N) is 5. The van der Waals surface area contributed by atoms with Gasteiger partial charge in [-0.15, -0.1) is 10.2 Å². The van der Waals surface area contributed by atoms with Gasteiger partial charge in [0.05, 0.1) is 31.0 Å². The van der Waals surface area contributed by atoms with Crippen molar-refractivity contribution in [3.8, 4) is 0 Å². The van der Waals surface area contributed by atoms with Crippen molar-refractivity contribution in [3.63, 3.8) is 0 Å². The van der Waals surface area contributed by atoms with E-state index in [0.29, 0.717) is 21.9 Å². The number of aromatic nitrogens is 5. The topological polar surface area (TPSA) is 71.3 Å². The summed E-state index contributed by atoms with van der Waals surface area (Å²) in [4.78, 5) is 10.1. The van der Waals surface area contributed by atoms with Crippen LogP contribution in [-0.4, -0.2) is 65.7 Å². The Kier molecular flexibility index (Phi) is 3.53. The molecule has 2 fully saturated rings. The molecule has 0 spiro atoms. The third-order valence-corrected chi connectivity index (χ3v) is 6.91. The van der Waals surface area contributed by atoms with Gasteiger partial charge in [0.2, 0.25) is 0 Å². The second kappa shape index (κ2) is 5.63. The first kappa shape index (κ1) is 15.0. The molecule has 5 rings (SSSR count). The van der Waals surface area contributed by atoms with E-state index in [1.54, 1.807) is 6.20 Å². The zero-order chi connectivity index (χ0) is 16.3. The van der Waals surface area contributed by atoms with Crippen LogP contribution < -0.4 is 0 Å². The Morgan fingerprint density at radius 1 is 1.29 bits per heavy atom. The number of likely N-dealkylation sites (N-methyl/N-ethyl adjacent to an activating group) is 1. The lowest BCUT2D eigenvalue weighted by Crippen LogP contribution is -2.50. The molecule has 4 heterocycles. The van der Waals surface area contributed by atoms with Gasteiger partial charge >= 0.3 is 0 Å². The molecule has 2 aliphatic rings. The minimum absolute atomic E-state index is 0.412. The summed E-state index contributed by atoms with van der Waals surface area (Å²) in [5.74, 6) is 1.48.